The Kier molecular flexibility index (Phi) is 4.66. The Labute approximate surface area is 127 Å². The van der Waals surface area contributed by atoms with Crippen LogP contribution >= 0.6 is 22.6 Å². The van der Waals surface area contributed by atoms with E-state index in [9.17, 15) is 4.79 Å². The van der Waals surface area contributed by atoms with Crippen molar-refractivity contribution in [2.75, 3.05) is 6.61 Å². The van der Waals surface area contributed by atoms with E-state index in [-0.39, 0.29) is 17.1 Å². The van der Waals surface area contributed by atoms with Crippen LogP contribution in [0.15, 0.2) is 4.79 Å². The van der Waals surface area contributed by atoms with Crippen molar-refractivity contribution < 1.29 is 4.74 Å². The second-order valence-corrected chi connectivity index (χ2v) is 7.20. The summed E-state index contributed by atoms with van der Waals surface area (Å²) in [7, 11) is 0. The molecule has 4 nitrogen and oxygen atoms in total. The summed E-state index contributed by atoms with van der Waals surface area (Å²) in [5, 5.41) is 0. The number of hydrogen-bond donors (Lipinski definition) is 1. The van der Waals surface area contributed by atoms with Crippen LogP contribution in [0.1, 0.15) is 51.6 Å². The minimum atomic E-state index is -0.118. The van der Waals surface area contributed by atoms with Crippen molar-refractivity contribution in [3.63, 3.8) is 0 Å². The molecule has 19 heavy (non-hydrogen) atoms. The van der Waals surface area contributed by atoms with E-state index in [1.54, 1.807) is 0 Å². The molecular formula is C14H21IN2O2. The number of aromatic nitrogens is 2. The molecule has 5 heteroatoms. The molecule has 1 aromatic heterocycles. The van der Waals surface area contributed by atoms with Gasteiger partial charge in [0.15, 0.2) is 0 Å². The maximum Gasteiger partial charge on any atom is 0.264 e. The highest BCUT2D eigenvalue weighted by Crippen LogP contribution is 2.23. The number of ether oxygens (including phenoxy) is 1. The molecule has 1 unspecified atom stereocenters. The third kappa shape index (κ3) is 3.78. The zero-order valence-electron chi connectivity index (χ0n) is 11.8. The maximum atomic E-state index is 12.0. The van der Waals surface area contributed by atoms with Gasteiger partial charge in [0.1, 0.15) is 9.39 Å². The normalized spacial score (nSPS) is 20.5. The van der Waals surface area contributed by atoms with E-state index in [1.165, 1.54) is 6.42 Å². The monoisotopic (exact) mass is 376 g/mol. The number of nitrogens with one attached hydrogen (secondary N) is 1. The predicted molar refractivity (Wildman–Crippen MR) is 83.6 cm³/mol. The molecule has 0 spiro atoms. The van der Waals surface area contributed by atoms with Crippen molar-refractivity contribution in [2.45, 2.75) is 58.0 Å². The molecule has 1 saturated heterocycles. The Balaban J connectivity index is 2.26. The van der Waals surface area contributed by atoms with Crippen molar-refractivity contribution in [1.82, 2.24) is 9.97 Å². The summed E-state index contributed by atoms with van der Waals surface area (Å²) in [5.74, 6) is 0.752. The van der Waals surface area contributed by atoms with E-state index >= 15 is 0 Å². The van der Waals surface area contributed by atoms with Gasteiger partial charge in [-0.05, 0) is 41.9 Å². The molecule has 1 N–H and O–H groups in total. The van der Waals surface area contributed by atoms with Gasteiger partial charge in [-0.1, -0.05) is 20.8 Å². The first-order valence-electron chi connectivity index (χ1n) is 6.78. The van der Waals surface area contributed by atoms with Crippen LogP contribution in [0.5, 0.6) is 0 Å². The fourth-order valence-corrected chi connectivity index (χ4v) is 3.35. The zero-order chi connectivity index (χ0) is 14.0. The van der Waals surface area contributed by atoms with Gasteiger partial charge in [0.25, 0.3) is 5.56 Å². The second-order valence-electron chi connectivity index (χ2n) is 6.12. The minimum Gasteiger partial charge on any atom is -0.378 e. The summed E-state index contributed by atoms with van der Waals surface area (Å²) >= 11 is 2.08. The Morgan fingerprint density at radius 1 is 1.42 bits per heavy atom. The lowest BCUT2D eigenvalue weighted by atomic mass is 9.92. The Morgan fingerprint density at radius 3 is 2.74 bits per heavy atom. The van der Waals surface area contributed by atoms with Crippen LogP contribution in [0.3, 0.4) is 0 Å². The van der Waals surface area contributed by atoms with Crippen molar-refractivity contribution in [1.29, 1.82) is 0 Å². The molecule has 0 bridgehead atoms. The van der Waals surface area contributed by atoms with Crippen molar-refractivity contribution >= 4 is 22.6 Å². The molecule has 1 aliphatic rings. The fraction of sp³-hybridized carbons (Fsp3) is 0.714. The van der Waals surface area contributed by atoms with E-state index in [0.717, 1.165) is 31.0 Å². The maximum absolute atomic E-state index is 12.0. The lowest BCUT2D eigenvalue weighted by Crippen LogP contribution is -2.28. The van der Waals surface area contributed by atoms with Gasteiger partial charge in [0.05, 0.1) is 11.8 Å². The third-order valence-electron chi connectivity index (χ3n) is 3.32. The lowest BCUT2D eigenvalue weighted by molar-refractivity contribution is 0.0155. The second kappa shape index (κ2) is 5.91. The van der Waals surface area contributed by atoms with E-state index in [0.29, 0.717) is 9.99 Å². The number of H-pyrrole nitrogens is 1. The largest absolute Gasteiger partial charge is 0.378 e. The highest BCUT2D eigenvalue weighted by Gasteiger charge is 2.23. The molecule has 2 rings (SSSR count). The summed E-state index contributed by atoms with van der Waals surface area (Å²) in [4.78, 5) is 19.5. The molecule has 0 amide bonds. The Morgan fingerprint density at radius 2 is 2.16 bits per heavy atom. The molecule has 106 valence electrons. The molecule has 0 aliphatic carbocycles. The third-order valence-corrected chi connectivity index (χ3v) is 4.32. The van der Waals surface area contributed by atoms with Crippen LogP contribution in [0.2, 0.25) is 0 Å². The number of aromatic amines is 1. The molecule has 2 heterocycles. The highest BCUT2D eigenvalue weighted by molar-refractivity contribution is 14.1. The SMILES string of the molecule is CC(C)(C)c1nc(CC2CCCCO2)[nH]c(=O)c1I. The smallest absolute Gasteiger partial charge is 0.264 e. The fourth-order valence-electron chi connectivity index (χ4n) is 2.28. The van der Waals surface area contributed by atoms with Crippen LogP contribution in [0, 0.1) is 3.57 Å². The Bertz CT molecular complexity index is 499. The van der Waals surface area contributed by atoms with Gasteiger partial charge >= 0.3 is 0 Å². The van der Waals surface area contributed by atoms with Gasteiger partial charge in [0, 0.05) is 18.4 Å². The molecule has 1 aromatic rings. The van der Waals surface area contributed by atoms with Crippen LogP contribution in [0.4, 0.5) is 0 Å². The quantitative estimate of drug-likeness (QED) is 0.808. The van der Waals surface area contributed by atoms with E-state index in [1.807, 2.05) is 0 Å². The van der Waals surface area contributed by atoms with Gasteiger partial charge in [0.2, 0.25) is 0 Å². The summed E-state index contributed by atoms with van der Waals surface area (Å²) in [6.07, 6.45) is 4.30. The molecule has 1 atom stereocenters. The van der Waals surface area contributed by atoms with Crippen molar-refractivity contribution in [3.8, 4) is 0 Å². The highest BCUT2D eigenvalue weighted by atomic mass is 127. The average Bonchev–Trinajstić information content (AvgIpc) is 2.33. The molecule has 0 saturated carbocycles. The molecular weight excluding hydrogens is 355 g/mol. The molecule has 0 radical (unpaired) electrons. The van der Waals surface area contributed by atoms with Gasteiger partial charge < -0.3 is 9.72 Å². The first-order valence-corrected chi connectivity index (χ1v) is 7.86. The van der Waals surface area contributed by atoms with Gasteiger partial charge in [-0.2, -0.15) is 0 Å². The van der Waals surface area contributed by atoms with Crippen LogP contribution < -0.4 is 5.56 Å². The summed E-state index contributed by atoms with van der Waals surface area (Å²) < 4.78 is 6.41. The van der Waals surface area contributed by atoms with Gasteiger partial charge in [-0.3, -0.25) is 4.79 Å². The first-order chi connectivity index (χ1) is 8.88. The van der Waals surface area contributed by atoms with Crippen LogP contribution in [0.25, 0.3) is 0 Å². The lowest BCUT2D eigenvalue weighted by Gasteiger charge is -2.23. The average molecular weight is 376 g/mol. The number of nitrogens with zero attached hydrogens (tertiary/aromatic N) is 1. The molecule has 1 aliphatic heterocycles. The van der Waals surface area contributed by atoms with Crippen LogP contribution in [-0.4, -0.2) is 22.7 Å². The minimum absolute atomic E-state index is 0.0358. The van der Waals surface area contributed by atoms with E-state index in [4.69, 9.17) is 4.74 Å². The standard InChI is InChI=1S/C14H21IN2O2/c1-14(2,3)12-11(15)13(18)17-10(16-12)8-9-6-4-5-7-19-9/h9H,4-8H2,1-3H3,(H,16,17,18). The number of halogens is 1. The zero-order valence-corrected chi connectivity index (χ0v) is 13.9. The first kappa shape index (κ1) is 15.0. The van der Waals surface area contributed by atoms with Crippen LogP contribution in [-0.2, 0) is 16.6 Å². The van der Waals surface area contributed by atoms with Gasteiger partial charge in [-0.25, -0.2) is 4.98 Å². The Hall–Kier alpha value is -0.430. The van der Waals surface area contributed by atoms with Gasteiger partial charge in [-0.15, -0.1) is 0 Å². The number of rotatable bonds is 2. The van der Waals surface area contributed by atoms with E-state index < -0.39 is 0 Å². The number of hydrogen-bond acceptors (Lipinski definition) is 3. The molecule has 0 aromatic carbocycles. The van der Waals surface area contributed by atoms with Crippen molar-refractivity contribution in [3.05, 3.63) is 25.4 Å². The molecule has 1 fully saturated rings. The van der Waals surface area contributed by atoms with Crippen molar-refractivity contribution in [2.24, 2.45) is 0 Å². The summed E-state index contributed by atoms with van der Waals surface area (Å²) in [5.41, 5.74) is 0.724. The predicted octanol–water partition coefficient (Wildman–Crippen LogP) is 2.78. The summed E-state index contributed by atoms with van der Waals surface area (Å²) in [6, 6.07) is 0. The topological polar surface area (TPSA) is 55.0 Å². The van der Waals surface area contributed by atoms with E-state index in [2.05, 4.69) is 53.3 Å². The summed E-state index contributed by atoms with van der Waals surface area (Å²) in [6.45, 7) is 7.07.